The summed E-state index contributed by atoms with van der Waals surface area (Å²) in [6, 6.07) is 4.40. The van der Waals surface area contributed by atoms with Crippen molar-refractivity contribution in [1.82, 2.24) is 24.8 Å². The van der Waals surface area contributed by atoms with Crippen LogP contribution in [0.5, 0.6) is 0 Å². The van der Waals surface area contributed by atoms with Crippen molar-refractivity contribution in [3.05, 3.63) is 41.6 Å². The van der Waals surface area contributed by atoms with E-state index in [0.29, 0.717) is 46.7 Å². The molecule has 2 saturated heterocycles. The lowest BCUT2D eigenvalue weighted by atomic mass is 9.92. The van der Waals surface area contributed by atoms with Gasteiger partial charge in [-0.05, 0) is 56.2 Å². The third-order valence-corrected chi connectivity index (χ3v) is 6.96. The standard InChI is InChI=1S/C24H27ClFN7O/c25-18-13-17(4-5-19(18)26)30-23-22-20(28-15-29-23)14-27-24(31-22)33-11-7-16(8-12-33)3-6-21(34)32-9-1-2-10-32/h4-5,13-16H,1-3,6-12H2,(H,28,29,30). The lowest BCUT2D eigenvalue weighted by molar-refractivity contribution is -0.130. The number of benzene rings is 1. The molecule has 1 N–H and O–H groups in total. The number of hydrogen-bond donors (Lipinski definition) is 1. The predicted octanol–water partition coefficient (Wildman–Crippen LogP) is 4.57. The van der Waals surface area contributed by atoms with Gasteiger partial charge in [-0.3, -0.25) is 4.79 Å². The molecule has 5 rings (SSSR count). The van der Waals surface area contributed by atoms with Crippen molar-refractivity contribution < 1.29 is 9.18 Å². The van der Waals surface area contributed by atoms with Crippen molar-refractivity contribution in [2.45, 2.75) is 38.5 Å². The molecule has 0 saturated carbocycles. The highest BCUT2D eigenvalue weighted by Crippen LogP contribution is 2.28. The molecule has 2 aliphatic rings. The molecule has 4 heterocycles. The van der Waals surface area contributed by atoms with Gasteiger partial charge < -0.3 is 15.1 Å². The zero-order valence-electron chi connectivity index (χ0n) is 18.9. The Bertz CT molecular complexity index is 1180. The van der Waals surface area contributed by atoms with E-state index in [-0.39, 0.29) is 5.02 Å². The Morgan fingerprint density at radius 3 is 2.68 bits per heavy atom. The topological polar surface area (TPSA) is 87.1 Å². The number of amides is 1. The van der Waals surface area contributed by atoms with Gasteiger partial charge in [0.1, 0.15) is 23.2 Å². The molecular formula is C24H27ClFN7O. The molecule has 0 atom stereocenters. The number of likely N-dealkylation sites (tertiary alicyclic amines) is 1. The van der Waals surface area contributed by atoms with E-state index in [2.05, 4.69) is 25.2 Å². The van der Waals surface area contributed by atoms with E-state index in [1.54, 1.807) is 12.3 Å². The van der Waals surface area contributed by atoms with E-state index < -0.39 is 5.82 Å². The highest BCUT2D eigenvalue weighted by molar-refractivity contribution is 6.31. The Balaban J connectivity index is 1.24. The van der Waals surface area contributed by atoms with Crippen LogP contribution >= 0.6 is 11.6 Å². The number of halogens is 2. The summed E-state index contributed by atoms with van der Waals surface area (Å²) >= 11 is 5.91. The normalized spacial score (nSPS) is 16.9. The average Bonchev–Trinajstić information content (AvgIpc) is 3.40. The second kappa shape index (κ2) is 10.0. The van der Waals surface area contributed by atoms with Crippen molar-refractivity contribution in [1.29, 1.82) is 0 Å². The average molecular weight is 484 g/mol. The van der Waals surface area contributed by atoms with Crippen molar-refractivity contribution >= 4 is 46.0 Å². The Labute approximate surface area is 202 Å². The number of fused-ring (bicyclic) bond motifs is 1. The first-order valence-corrected chi connectivity index (χ1v) is 12.2. The number of anilines is 3. The molecule has 2 fully saturated rings. The minimum absolute atomic E-state index is 0.0312. The zero-order valence-corrected chi connectivity index (χ0v) is 19.6. The summed E-state index contributed by atoms with van der Waals surface area (Å²) in [5, 5.41) is 3.19. The van der Waals surface area contributed by atoms with Gasteiger partial charge in [-0.15, -0.1) is 0 Å². The highest BCUT2D eigenvalue weighted by Gasteiger charge is 2.24. The molecule has 34 heavy (non-hydrogen) atoms. The zero-order chi connectivity index (χ0) is 23.5. The predicted molar refractivity (Wildman–Crippen MR) is 130 cm³/mol. The Kier molecular flexibility index (Phi) is 6.71. The number of rotatable bonds is 6. The molecule has 178 valence electrons. The Hall–Kier alpha value is -3.07. The molecule has 0 spiro atoms. The Morgan fingerprint density at radius 1 is 1.12 bits per heavy atom. The minimum Gasteiger partial charge on any atom is -0.343 e. The molecule has 1 aromatic carbocycles. The maximum absolute atomic E-state index is 13.5. The van der Waals surface area contributed by atoms with Crippen molar-refractivity contribution in [3.8, 4) is 0 Å². The summed E-state index contributed by atoms with van der Waals surface area (Å²) in [5.74, 6) is 1.52. The van der Waals surface area contributed by atoms with Crippen LogP contribution in [0, 0.1) is 11.7 Å². The number of piperidine rings is 1. The molecule has 3 aromatic rings. The number of carbonyl (C=O) groups is 1. The fraction of sp³-hybridized carbons (Fsp3) is 0.458. The van der Waals surface area contributed by atoms with Crippen LogP contribution in [0.2, 0.25) is 5.02 Å². The number of nitrogens with zero attached hydrogens (tertiary/aromatic N) is 6. The van der Waals surface area contributed by atoms with Crippen molar-refractivity contribution in [2.24, 2.45) is 5.92 Å². The van der Waals surface area contributed by atoms with Gasteiger partial charge in [0.15, 0.2) is 5.82 Å². The van der Waals surface area contributed by atoms with Crippen molar-refractivity contribution in [2.75, 3.05) is 36.4 Å². The van der Waals surface area contributed by atoms with Crippen LogP contribution in [0.25, 0.3) is 11.0 Å². The number of nitrogens with one attached hydrogen (secondary N) is 1. The first-order valence-electron chi connectivity index (χ1n) is 11.8. The molecular weight excluding hydrogens is 457 g/mol. The molecule has 0 unspecified atom stereocenters. The van der Waals surface area contributed by atoms with E-state index in [1.807, 2.05) is 4.90 Å². The molecule has 0 bridgehead atoms. The monoisotopic (exact) mass is 483 g/mol. The van der Waals surface area contributed by atoms with E-state index in [1.165, 1.54) is 18.5 Å². The van der Waals surface area contributed by atoms with Gasteiger partial charge in [-0.1, -0.05) is 11.6 Å². The quantitative estimate of drug-likeness (QED) is 0.549. The van der Waals surface area contributed by atoms with Crippen LogP contribution in [0.3, 0.4) is 0 Å². The van der Waals surface area contributed by atoms with E-state index in [0.717, 1.165) is 58.3 Å². The molecule has 2 aliphatic heterocycles. The lowest BCUT2D eigenvalue weighted by Gasteiger charge is -2.32. The van der Waals surface area contributed by atoms with Crippen LogP contribution in [0.4, 0.5) is 21.8 Å². The van der Waals surface area contributed by atoms with Gasteiger partial charge in [-0.2, -0.15) is 0 Å². The molecule has 2 aromatic heterocycles. The SMILES string of the molecule is O=C(CCC1CCN(c2ncc3ncnc(Nc4ccc(F)c(Cl)c4)c3n2)CC1)N1CCCC1. The summed E-state index contributed by atoms with van der Waals surface area (Å²) in [5.41, 5.74) is 1.81. The summed E-state index contributed by atoms with van der Waals surface area (Å²) in [6.07, 6.45) is 9.03. The van der Waals surface area contributed by atoms with Crippen LogP contribution in [-0.2, 0) is 4.79 Å². The highest BCUT2D eigenvalue weighted by atomic mass is 35.5. The lowest BCUT2D eigenvalue weighted by Crippen LogP contribution is -2.35. The van der Waals surface area contributed by atoms with Gasteiger partial charge in [0.2, 0.25) is 11.9 Å². The van der Waals surface area contributed by atoms with Gasteiger partial charge in [0, 0.05) is 38.3 Å². The largest absolute Gasteiger partial charge is 0.343 e. The van der Waals surface area contributed by atoms with Crippen LogP contribution in [-0.4, -0.2) is 56.9 Å². The van der Waals surface area contributed by atoms with E-state index in [4.69, 9.17) is 16.6 Å². The fourth-order valence-electron chi connectivity index (χ4n) is 4.67. The number of carbonyl (C=O) groups excluding carboxylic acids is 1. The maximum Gasteiger partial charge on any atom is 0.226 e. The summed E-state index contributed by atoms with van der Waals surface area (Å²) in [6.45, 7) is 3.53. The van der Waals surface area contributed by atoms with Crippen LogP contribution < -0.4 is 10.2 Å². The molecule has 0 aliphatic carbocycles. The molecule has 8 nitrogen and oxygen atoms in total. The fourth-order valence-corrected chi connectivity index (χ4v) is 4.85. The smallest absolute Gasteiger partial charge is 0.226 e. The van der Waals surface area contributed by atoms with Gasteiger partial charge in [0.25, 0.3) is 0 Å². The van der Waals surface area contributed by atoms with Crippen LogP contribution in [0.1, 0.15) is 38.5 Å². The second-order valence-corrected chi connectivity index (χ2v) is 9.34. The second-order valence-electron chi connectivity index (χ2n) is 8.94. The Morgan fingerprint density at radius 2 is 1.91 bits per heavy atom. The van der Waals surface area contributed by atoms with Crippen molar-refractivity contribution in [3.63, 3.8) is 0 Å². The molecule has 1 amide bonds. The minimum atomic E-state index is -0.479. The first-order chi connectivity index (χ1) is 16.6. The first kappa shape index (κ1) is 22.7. The van der Waals surface area contributed by atoms with E-state index >= 15 is 0 Å². The third kappa shape index (κ3) is 5.04. The summed E-state index contributed by atoms with van der Waals surface area (Å²) in [4.78, 5) is 34.4. The number of aromatic nitrogens is 4. The van der Waals surface area contributed by atoms with Crippen LogP contribution in [0.15, 0.2) is 30.7 Å². The summed E-state index contributed by atoms with van der Waals surface area (Å²) < 4.78 is 13.5. The van der Waals surface area contributed by atoms with E-state index in [9.17, 15) is 9.18 Å². The summed E-state index contributed by atoms with van der Waals surface area (Å²) in [7, 11) is 0. The van der Waals surface area contributed by atoms with Gasteiger partial charge in [-0.25, -0.2) is 24.3 Å². The molecule has 10 heteroatoms. The van der Waals surface area contributed by atoms with Gasteiger partial charge in [0.05, 0.1) is 11.2 Å². The maximum atomic E-state index is 13.5. The van der Waals surface area contributed by atoms with Gasteiger partial charge >= 0.3 is 0 Å². The third-order valence-electron chi connectivity index (χ3n) is 6.67. The molecule has 0 radical (unpaired) electrons. The number of hydrogen-bond acceptors (Lipinski definition) is 7.